The average Bonchev–Trinajstić information content (AvgIpc) is 3.12. The molecule has 0 bridgehead atoms. The number of hydrogen-bond donors (Lipinski definition) is 0. The smallest absolute Gasteiger partial charge is 0.263 e. The normalized spacial score (nSPS) is 18.2. The van der Waals surface area contributed by atoms with Gasteiger partial charge in [0.15, 0.2) is 15.9 Å². The van der Waals surface area contributed by atoms with Gasteiger partial charge in [0.1, 0.15) is 11.5 Å². The van der Waals surface area contributed by atoms with Gasteiger partial charge in [0.2, 0.25) is 0 Å². The van der Waals surface area contributed by atoms with Crippen molar-refractivity contribution in [3.05, 3.63) is 58.1 Å². The molecule has 174 valence electrons. The Balaban J connectivity index is 1.78. The molecule has 0 N–H and O–H groups in total. The number of sulfone groups is 1. The number of nitrogens with zero attached hydrogens (tertiary/aromatic N) is 1. The van der Waals surface area contributed by atoms with Crippen molar-refractivity contribution in [2.45, 2.75) is 45.4 Å². The van der Waals surface area contributed by atoms with E-state index in [0.29, 0.717) is 28.8 Å². The molecular formula is C23H27Cl2NO5S. The van der Waals surface area contributed by atoms with Crippen molar-refractivity contribution in [3.63, 3.8) is 0 Å². The summed E-state index contributed by atoms with van der Waals surface area (Å²) in [6.07, 6.45) is 0.458. The van der Waals surface area contributed by atoms with Crippen LogP contribution in [0.3, 0.4) is 0 Å². The number of rotatable bonds is 9. The third kappa shape index (κ3) is 6.53. The van der Waals surface area contributed by atoms with Gasteiger partial charge in [0.05, 0.1) is 23.1 Å². The van der Waals surface area contributed by atoms with Gasteiger partial charge < -0.3 is 14.4 Å². The van der Waals surface area contributed by atoms with Gasteiger partial charge in [-0.15, -0.1) is 0 Å². The minimum absolute atomic E-state index is 0.0507. The predicted molar refractivity (Wildman–Crippen MR) is 126 cm³/mol. The molecule has 1 aliphatic rings. The lowest BCUT2D eigenvalue weighted by molar-refractivity contribution is -0.140. The van der Waals surface area contributed by atoms with Crippen LogP contribution in [0.4, 0.5) is 0 Å². The molecule has 1 fully saturated rings. The molecule has 9 heteroatoms. The number of halogens is 2. The van der Waals surface area contributed by atoms with Crippen LogP contribution in [0.15, 0.2) is 42.5 Å². The lowest BCUT2D eigenvalue weighted by atomic mass is 10.1. The van der Waals surface area contributed by atoms with Crippen molar-refractivity contribution in [3.8, 4) is 11.5 Å². The molecule has 0 spiro atoms. The molecule has 32 heavy (non-hydrogen) atoms. The minimum atomic E-state index is -3.17. The molecule has 0 radical (unpaired) electrons. The van der Waals surface area contributed by atoms with E-state index in [-0.39, 0.29) is 24.0 Å². The zero-order valence-electron chi connectivity index (χ0n) is 18.1. The molecule has 0 aliphatic carbocycles. The zero-order chi connectivity index (χ0) is 23.3. The highest BCUT2D eigenvalue weighted by Gasteiger charge is 2.36. The number of hydrogen-bond acceptors (Lipinski definition) is 5. The van der Waals surface area contributed by atoms with Crippen LogP contribution in [0.2, 0.25) is 10.0 Å². The molecule has 2 aromatic carbocycles. The van der Waals surface area contributed by atoms with Crippen molar-refractivity contribution in [1.82, 2.24) is 4.90 Å². The second-order valence-corrected chi connectivity index (χ2v) is 10.9. The fraction of sp³-hybridized carbons (Fsp3) is 0.435. The lowest BCUT2D eigenvalue weighted by Crippen LogP contribution is -2.46. The summed E-state index contributed by atoms with van der Waals surface area (Å²) in [7, 11) is -3.17. The summed E-state index contributed by atoms with van der Waals surface area (Å²) in [5, 5.41) is 0.764. The van der Waals surface area contributed by atoms with E-state index in [9.17, 15) is 13.2 Å². The van der Waals surface area contributed by atoms with Crippen molar-refractivity contribution < 1.29 is 22.7 Å². The van der Waals surface area contributed by atoms with Gasteiger partial charge >= 0.3 is 0 Å². The molecule has 1 aliphatic heterocycles. The zero-order valence-corrected chi connectivity index (χ0v) is 20.4. The van der Waals surface area contributed by atoms with E-state index in [4.69, 9.17) is 32.7 Å². The molecule has 6 nitrogen and oxygen atoms in total. The second kappa shape index (κ2) is 10.8. The molecule has 3 rings (SSSR count). The molecule has 0 aromatic heterocycles. The molecular weight excluding hydrogens is 473 g/mol. The van der Waals surface area contributed by atoms with Gasteiger partial charge in [-0.1, -0.05) is 42.3 Å². The summed E-state index contributed by atoms with van der Waals surface area (Å²) in [5.74, 6) is 0.817. The van der Waals surface area contributed by atoms with Crippen LogP contribution in [0.1, 0.15) is 32.3 Å². The number of carbonyl (C=O) groups is 1. The van der Waals surface area contributed by atoms with E-state index in [1.165, 1.54) is 0 Å². The summed E-state index contributed by atoms with van der Waals surface area (Å²) in [6, 6.07) is 11.8. The average molecular weight is 500 g/mol. The van der Waals surface area contributed by atoms with Crippen LogP contribution in [0.5, 0.6) is 11.5 Å². The van der Waals surface area contributed by atoms with Crippen LogP contribution in [0, 0.1) is 0 Å². The van der Waals surface area contributed by atoms with Crippen molar-refractivity contribution >= 4 is 38.9 Å². The monoisotopic (exact) mass is 499 g/mol. The fourth-order valence-corrected chi connectivity index (χ4v) is 5.74. The first-order chi connectivity index (χ1) is 15.2. The Morgan fingerprint density at radius 2 is 1.91 bits per heavy atom. The Labute approximate surface area is 199 Å². The highest BCUT2D eigenvalue weighted by atomic mass is 35.5. The maximum Gasteiger partial charge on any atom is 0.263 e. The van der Waals surface area contributed by atoms with E-state index in [1.54, 1.807) is 30.0 Å². The summed E-state index contributed by atoms with van der Waals surface area (Å²) in [4.78, 5) is 14.9. The number of amides is 1. The quantitative estimate of drug-likeness (QED) is 0.496. The fourth-order valence-electron chi connectivity index (χ4n) is 3.56. The Kier molecular flexibility index (Phi) is 8.31. The van der Waals surface area contributed by atoms with Crippen molar-refractivity contribution in [2.75, 3.05) is 18.1 Å². The summed E-state index contributed by atoms with van der Waals surface area (Å²) in [6.45, 7) is 4.57. The van der Waals surface area contributed by atoms with Crippen LogP contribution < -0.4 is 9.47 Å². The molecule has 2 atom stereocenters. The number of ether oxygens (including phenoxy) is 2. The van der Waals surface area contributed by atoms with Gasteiger partial charge in [-0.2, -0.15) is 0 Å². The maximum atomic E-state index is 13.3. The van der Waals surface area contributed by atoms with E-state index in [0.717, 1.165) is 17.7 Å². The summed E-state index contributed by atoms with van der Waals surface area (Å²) >= 11 is 12.1. The van der Waals surface area contributed by atoms with E-state index >= 15 is 0 Å². The van der Waals surface area contributed by atoms with Crippen LogP contribution in [-0.4, -0.2) is 49.5 Å². The first-order valence-electron chi connectivity index (χ1n) is 10.5. The van der Waals surface area contributed by atoms with Gasteiger partial charge in [-0.25, -0.2) is 8.42 Å². The predicted octanol–water partition coefficient (Wildman–Crippen LogP) is 4.77. The minimum Gasteiger partial charge on any atom is -0.494 e. The van der Waals surface area contributed by atoms with Crippen LogP contribution >= 0.6 is 23.2 Å². The van der Waals surface area contributed by atoms with Gasteiger partial charge in [0, 0.05) is 17.6 Å². The molecule has 0 saturated carbocycles. The standard InChI is InChI=1S/C23H27Cl2NO5S/c1-3-11-30-20-7-4-17(5-8-20)14-26(19-10-12-32(28,29)15-19)23(27)16(2)31-22-9-6-18(24)13-21(22)25/h4-9,13,16,19H,3,10-12,14-15H2,1-2H3. The Morgan fingerprint density at radius 1 is 1.19 bits per heavy atom. The van der Waals surface area contributed by atoms with Gasteiger partial charge in [-0.3, -0.25) is 4.79 Å². The Morgan fingerprint density at radius 3 is 2.50 bits per heavy atom. The number of carbonyl (C=O) groups excluding carboxylic acids is 1. The van der Waals surface area contributed by atoms with Crippen LogP contribution in [-0.2, 0) is 21.2 Å². The van der Waals surface area contributed by atoms with Crippen molar-refractivity contribution in [1.29, 1.82) is 0 Å². The second-order valence-electron chi connectivity index (χ2n) is 7.85. The molecule has 1 amide bonds. The van der Waals surface area contributed by atoms with Crippen LogP contribution in [0.25, 0.3) is 0 Å². The van der Waals surface area contributed by atoms with Gasteiger partial charge in [0.25, 0.3) is 5.91 Å². The third-order valence-corrected chi connectivity index (χ3v) is 7.51. The lowest BCUT2D eigenvalue weighted by Gasteiger charge is -2.31. The van der Waals surface area contributed by atoms with E-state index in [2.05, 4.69) is 0 Å². The summed E-state index contributed by atoms with van der Waals surface area (Å²) in [5.41, 5.74) is 0.878. The largest absolute Gasteiger partial charge is 0.494 e. The van der Waals surface area contributed by atoms with Gasteiger partial charge in [-0.05, 0) is 55.7 Å². The number of benzene rings is 2. The van der Waals surface area contributed by atoms with E-state index in [1.807, 2.05) is 31.2 Å². The third-order valence-electron chi connectivity index (χ3n) is 5.23. The molecule has 2 aromatic rings. The Bertz CT molecular complexity index is 1040. The van der Waals surface area contributed by atoms with Crippen molar-refractivity contribution in [2.24, 2.45) is 0 Å². The topological polar surface area (TPSA) is 72.9 Å². The highest BCUT2D eigenvalue weighted by Crippen LogP contribution is 2.29. The maximum absolute atomic E-state index is 13.3. The highest BCUT2D eigenvalue weighted by molar-refractivity contribution is 7.91. The summed E-state index contributed by atoms with van der Waals surface area (Å²) < 4.78 is 35.6. The first kappa shape index (κ1) is 24.7. The first-order valence-corrected chi connectivity index (χ1v) is 13.1. The SMILES string of the molecule is CCCOc1ccc(CN(C(=O)C(C)Oc2ccc(Cl)cc2Cl)C2CCS(=O)(=O)C2)cc1. The van der Waals surface area contributed by atoms with E-state index < -0.39 is 22.0 Å². The Hall–Kier alpha value is -1.96. The molecule has 2 unspecified atom stereocenters. The molecule has 1 heterocycles. The molecule has 1 saturated heterocycles.